The van der Waals surface area contributed by atoms with E-state index in [1.54, 1.807) is 6.08 Å². The standard InChI is InChI=1S/C15H21NO/c1-4-11-17-15-7-5-14(6-8-15)12-16-10-9-13(2)3/h4-9,16H,1,10-12H2,2-3H3. The first kappa shape index (κ1) is 13.5. The van der Waals surface area contributed by atoms with Gasteiger partial charge in [0.15, 0.2) is 0 Å². The first-order chi connectivity index (χ1) is 8.22. The van der Waals surface area contributed by atoms with E-state index in [2.05, 4.69) is 44.0 Å². The molecule has 0 atom stereocenters. The number of rotatable bonds is 7. The molecule has 1 aromatic rings. The van der Waals surface area contributed by atoms with Crippen LogP contribution in [0, 0.1) is 0 Å². The number of benzene rings is 1. The van der Waals surface area contributed by atoms with Gasteiger partial charge in [0.25, 0.3) is 0 Å². The lowest BCUT2D eigenvalue weighted by atomic mass is 10.2. The van der Waals surface area contributed by atoms with Crippen molar-refractivity contribution in [3.8, 4) is 5.75 Å². The Labute approximate surface area is 104 Å². The predicted octanol–water partition coefficient (Wildman–Crippen LogP) is 3.31. The average molecular weight is 231 g/mol. The Morgan fingerprint density at radius 2 is 2.00 bits per heavy atom. The maximum atomic E-state index is 5.42. The van der Waals surface area contributed by atoms with Crippen LogP contribution < -0.4 is 10.1 Å². The van der Waals surface area contributed by atoms with Crippen molar-refractivity contribution in [2.24, 2.45) is 0 Å². The normalized spacial score (nSPS) is 9.76. The molecule has 0 heterocycles. The molecular weight excluding hydrogens is 210 g/mol. The molecule has 0 fully saturated rings. The number of allylic oxidation sites excluding steroid dienone is 1. The summed E-state index contributed by atoms with van der Waals surface area (Å²) in [4.78, 5) is 0. The maximum Gasteiger partial charge on any atom is 0.119 e. The van der Waals surface area contributed by atoms with E-state index in [0.717, 1.165) is 18.8 Å². The molecule has 0 aliphatic heterocycles. The summed E-state index contributed by atoms with van der Waals surface area (Å²) in [5.41, 5.74) is 2.60. The van der Waals surface area contributed by atoms with Gasteiger partial charge in [-0.15, -0.1) is 0 Å². The Morgan fingerprint density at radius 1 is 1.29 bits per heavy atom. The third-order valence-electron chi connectivity index (χ3n) is 2.27. The van der Waals surface area contributed by atoms with Gasteiger partial charge in [0.05, 0.1) is 0 Å². The summed E-state index contributed by atoms with van der Waals surface area (Å²) >= 11 is 0. The van der Waals surface area contributed by atoms with E-state index in [-0.39, 0.29) is 0 Å². The largest absolute Gasteiger partial charge is 0.490 e. The first-order valence-electron chi connectivity index (χ1n) is 5.89. The molecule has 92 valence electrons. The highest BCUT2D eigenvalue weighted by atomic mass is 16.5. The summed E-state index contributed by atoms with van der Waals surface area (Å²) < 4.78 is 5.42. The molecule has 2 nitrogen and oxygen atoms in total. The van der Waals surface area contributed by atoms with Crippen molar-refractivity contribution in [2.45, 2.75) is 20.4 Å². The third-order valence-corrected chi connectivity index (χ3v) is 2.27. The van der Waals surface area contributed by atoms with Crippen LogP contribution in [0.3, 0.4) is 0 Å². The summed E-state index contributed by atoms with van der Waals surface area (Å²) in [6, 6.07) is 8.13. The Bertz CT molecular complexity index is 361. The van der Waals surface area contributed by atoms with Gasteiger partial charge in [-0.25, -0.2) is 0 Å². The molecule has 0 saturated heterocycles. The molecule has 0 aliphatic carbocycles. The molecule has 0 bridgehead atoms. The van der Waals surface area contributed by atoms with Crippen molar-refractivity contribution in [1.82, 2.24) is 5.32 Å². The van der Waals surface area contributed by atoms with Crippen LogP contribution in [-0.2, 0) is 6.54 Å². The van der Waals surface area contributed by atoms with Crippen molar-refractivity contribution < 1.29 is 4.74 Å². The summed E-state index contributed by atoms with van der Waals surface area (Å²) in [5, 5.41) is 3.36. The quantitative estimate of drug-likeness (QED) is 0.574. The highest BCUT2D eigenvalue weighted by Crippen LogP contribution is 2.11. The highest BCUT2D eigenvalue weighted by Gasteiger charge is 1.94. The van der Waals surface area contributed by atoms with Gasteiger partial charge in [-0.3, -0.25) is 0 Å². The van der Waals surface area contributed by atoms with Crippen LogP contribution in [-0.4, -0.2) is 13.2 Å². The second kappa shape index (κ2) is 7.69. The van der Waals surface area contributed by atoms with Gasteiger partial charge in [0, 0.05) is 13.1 Å². The molecular formula is C15H21NO. The molecule has 1 rings (SSSR count). The van der Waals surface area contributed by atoms with E-state index in [1.165, 1.54) is 11.1 Å². The van der Waals surface area contributed by atoms with Crippen LogP contribution in [0.25, 0.3) is 0 Å². The van der Waals surface area contributed by atoms with Gasteiger partial charge in [-0.05, 0) is 31.5 Å². The predicted molar refractivity (Wildman–Crippen MR) is 73.3 cm³/mol. The molecule has 0 saturated carbocycles. The smallest absolute Gasteiger partial charge is 0.119 e. The van der Waals surface area contributed by atoms with Crippen molar-refractivity contribution in [3.05, 3.63) is 54.1 Å². The summed E-state index contributed by atoms with van der Waals surface area (Å²) in [6.45, 7) is 10.2. The van der Waals surface area contributed by atoms with Crippen molar-refractivity contribution in [2.75, 3.05) is 13.2 Å². The molecule has 0 spiro atoms. The SMILES string of the molecule is C=CCOc1ccc(CNCC=C(C)C)cc1. The summed E-state index contributed by atoms with van der Waals surface area (Å²) in [7, 11) is 0. The Hall–Kier alpha value is -1.54. The summed E-state index contributed by atoms with van der Waals surface area (Å²) in [6.07, 6.45) is 3.93. The fourth-order valence-electron chi connectivity index (χ4n) is 1.35. The van der Waals surface area contributed by atoms with Gasteiger partial charge in [0.1, 0.15) is 12.4 Å². The molecule has 0 unspecified atom stereocenters. The van der Waals surface area contributed by atoms with E-state index in [0.29, 0.717) is 6.61 Å². The van der Waals surface area contributed by atoms with Crippen molar-refractivity contribution in [1.29, 1.82) is 0 Å². The minimum Gasteiger partial charge on any atom is -0.490 e. The van der Waals surface area contributed by atoms with Crippen molar-refractivity contribution >= 4 is 0 Å². The molecule has 1 N–H and O–H groups in total. The molecule has 2 heteroatoms. The Kier molecular flexibility index (Phi) is 6.12. The van der Waals surface area contributed by atoms with E-state index in [4.69, 9.17) is 4.74 Å². The number of hydrogen-bond acceptors (Lipinski definition) is 2. The number of hydrogen-bond donors (Lipinski definition) is 1. The summed E-state index contributed by atoms with van der Waals surface area (Å²) in [5.74, 6) is 0.887. The highest BCUT2D eigenvalue weighted by molar-refractivity contribution is 5.27. The van der Waals surface area contributed by atoms with E-state index >= 15 is 0 Å². The second-order valence-corrected chi connectivity index (χ2v) is 4.16. The van der Waals surface area contributed by atoms with Crippen LogP contribution in [0.15, 0.2) is 48.6 Å². The van der Waals surface area contributed by atoms with E-state index in [1.807, 2.05) is 12.1 Å². The molecule has 0 aromatic heterocycles. The minimum absolute atomic E-state index is 0.554. The van der Waals surface area contributed by atoms with Gasteiger partial charge in [0.2, 0.25) is 0 Å². The van der Waals surface area contributed by atoms with Gasteiger partial charge < -0.3 is 10.1 Å². The molecule has 17 heavy (non-hydrogen) atoms. The maximum absolute atomic E-state index is 5.42. The Morgan fingerprint density at radius 3 is 2.59 bits per heavy atom. The van der Waals surface area contributed by atoms with Crippen molar-refractivity contribution in [3.63, 3.8) is 0 Å². The lowest BCUT2D eigenvalue weighted by molar-refractivity contribution is 0.363. The lowest BCUT2D eigenvalue weighted by Crippen LogP contribution is -2.12. The third kappa shape index (κ3) is 5.93. The zero-order valence-corrected chi connectivity index (χ0v) is 10.7. The van der Waals surface area contributed by atoms with Crippen LogP contribution in [0.4, 0.5) is 0 Å². The Balaban J connectivity index is 2.35. The lowest BCUT2D eigenvalue weighted by Gasteiger charge is -2.05. The molecule has 0 radical (unpaired) electrons. The fraction of sp³-hybridized carbons (Fsp3) is 0.333. The number of nitrogens with one attached hydrogen (secondary N) is 1. The monoisotopic (exact) mass is 231 g/mol. The zero-order chi connectivity index (χ0) is 12.5. The van der Waals surface area contributed by atoms with Gasteiger partial charge in [-0.1, -0.05) is 36.4 Å². The van der Waals surface area contributed by atoms with Crippen LogP contribution in [0.2, 0.25) is 0 Å². The second-order valence-electron chi connectivity index (χ2n) is 4.16. The zero-order valence-electron chi connectivity index (χ0n) is 10.7. The molecule has 0 amide bonds. The minimum atomic E-state index is 0.554. The van der Waals surface area contributed by atoms with E-state index in [9.17, 15) is 0 Å². The van der Waals surface area contributed by atoms with Crippen LogP contribution in [0.1, 0.15) is 19.4 Å². The van der Waals surface area contributed by atoms with Crippen LogP contribution in [0.5, 0.6) is 5.75 Å². The number of ether oxygens (including phenoxy) is 1. The molecule has 0 aliphatic rings. The van der Waals surface area contributed by atoms with Crippen LogP contribution >= 0.6 is 0 Å². The fourth-order valence-corrected chi connectivity index (χ4v) is 1.35. The average Bonchev–Trinajstić information content (AvgIpc) is 2.33. The molecule has 1 aromatic carbocycles. The first-order valence-corrected chi connectivity index (χ1v) is 5.89. The van der Waals surface area contributed by atoms with Gasteiger partial charge in [-0.2, -0.15) is 0 Å². The van der Waals surface area contributed by atoms with Gasteiger partial charge >= 0.3 is 0 Å². The van der Waals surface area contributed by atoms with E-state index < -0.39 is 0 Å². The topological polar surface area (TPSA) is 21.3 Å².